The Morgan fingerprint density at radius 3 is 2.44 bits per heavy atom. The summed E-state index contributed by atoms with van der Waals surface area (Å²) in [4.78, 5) is 0. The lowest BCUT2D eigenvalue weighted by Crippen LogP contribution is -2.30. The second-order valence-electron chi connectivity index (χ2n) is 4.26. The van der Waals surface area contributed by atoms with Crippen molar-refractivity contribution in [3.63, 3.8) is 0 Å². The lowest BCUT2D eigenvalue weighted by atomic mass is 10.1. The van der Waals surface area contributed by atoms with Gasteiger partial charge in [0.15, 0.2) is 0 Å². The molecule has 0 aromatic heterocycles. The molecule has 1 aromatic rings. The highest BCUT2D eigenvalue weighted by molar-refractivity contribution is 6.21. The van der Waals surface area contributed by atoms with Crippen molar-refractivity contribution in [2.75, 3.05) is 6.61 Å². The molecule has 90 valence electrons. The van der Waals surface area contributed by atoms with Gasteiger partial charge >= 0.3 is 0 Å². The maximum Gasteiger partial charge on any atom is 0.0939 e. The van der Waals surface area contributed by atoms with E-state index in [1.807, 2.05) is 44.2 Å². The van der Waals surface area contributed by atoms with Crippen molar-refractivity contribution < 1.29 is 9.84 Å². The van der Waals surface area contributed by atoms with E-state index in [0.29, 0.717) is 6.61 Å². The first-order chi connectivity index (χ1) is 7.61. The fraction of sp³-hybridized carbons (Fsp3) is 0.538. The van der Waals surface area contributed by atoms with E-state index in [1.165, 1.54) is 0 Å². The fourth-order valence-electron chi connectivity index (χ4n) is 1.41. The highest BCUT2D eigenvalue weighted by Gasteiger charge is 2.19. The summed E-state index contributed by atoms with van der Waals surface area (Å²) in [5.74, 6) is 0.247. The third-order valence-electron chi connectivity index (χ3n) is 2.40. The van der Waals surface area contributed by atoms with Gasteiger partial charge in [-0.2, -0.15) is 0 Å². The zero-order valence-corrected chi connectivity index (χ0v) is 10.5. The first-order valence-electron chi connectivity index (χ1n) is 5.55. The number of rotatable bonds is 6. The number of hydrogen-bond acceptors (Lipinski definition) is 2. The molecule has 1 rings (SSSR count). The van der Waals surface area contributed by atoms with Gasteiger partial charge in [-0.05, 0) is 11.5 Å². The zero-order valence-electron chi connectivity index (χ0n) is 9.77. The van der Waals surface area contributed by atoms with Crippen molar-refractivity contribution in [3.8, 4) is 0 Å². The molecule has 0 spiro atoms. The second kappa shape index (κ2) is 6.89. The molecule has 0 aliphatic heterocycles. The van der Waals surface area contributed by atoms with Gasteiger partial charge in [0.2, 0.25) is 0 Å². The molecule has 2 nitrogen and oxygen atoms in total. The summed E-state index contributed by atoms with van der Waals surface area (Å²) in [6, 6.07) is 9.88. The largest absolute Gasteiger partial charge is 0.389 e. The Hall–Kier alpha value is -0.570. The van der Waals surface area contributed by atoms with Crippen molar-refractivity contribution in [1.29, 1.82) is 0 Å². The van der Waals surface area contributed by atoms with Gasteiger partial charge < -0.3 is 9.84 Å². The first-order valence-corrected chi connectivity index (χ1v) is 5.98. The van der Waals surface area contributed by atoms with Crippen LogP contribution in [-0.2, 0) is 11.3 Å². The van der Waals surface area contributed by atoms with Crippen LogP contribution >= 0.6 is 11.6 Å². The minimum Gasteiger partial charge on any atom is -0.389 e. The average molecular weight is 243 g/mol. The molecular weight excluding hydrogens is 224 g/mol. The second-order valence-corrected chi connectivity index (χ2v) is 4.76. The van der Waals surface area contributed by atoms with Crippen LogP contribution in [0.25, 0.3) is 0 Å². The lowest BCUT2D eigenvalue weighted by molar-refractivity contribution is 0.0211. The van der Waals surface area contributed by atoms with Crippen LogP contribution < -0.4 is 0 Å². The number of benzene rings is 1. The molecule has 16 heavy (non-hydrogen) atoms. The maximum absolute atomic E-state index is 9.71. The SMILES string of the molecule is CC(C)[C@H](Cl)[C@H](O)COCc1ccccc1. The van der Waals surface area contributed by atoms with Gasteiger partial charge in [-0.1, -0.05) is 44.2 Å². The monoisotopic (exact) mass is 242 g/mol. The van der Waals surface area contributed by atoms with Crippen molar-refractivity contribution in [1.82, 2.24) is 0 Å². The van der Waals surface area contributed by atoms with Gasteiger partial charge in [0, 0.05) is 0 Å². The topological polar surface area (TPSA) is 29.5 Å². The molecule has 0 saturated heterocycles. The lowest BCUT2D eigenvalue weighted by Gasteiger charge is -2.20. The molecule has 0 radical (unpaired) electrons. The van der Waals surface area contributed by atoms with E-state index < -0.39 is 6.10 Å². The van der Waals surface area contributed by atoms with Crippen LogP contribution in [-0.4, -0.2) is 23.2 Å². The van der Waals surface area contributed by atoms with Crippen LogP contribution in [0.3, 0.4) is 0 Å². The molecule has 1 N–H and O–H groups in total. The molecule has 3 heteroatoms. The smallest absolute Gasteiger partial charge is 0.0939 e. The Labute approximate surface area is 102 Å². The number of aliphatic hydroxyl groups is 1. The summed E-state index contributed by atoms with van der Waals surface area (Å²) in [5.41, 5.74) is 1.10. The molecule has 0 aliphatic rings. The van der Waals surface area contributed by atoms with Gasteiger partial charge in [-0.3, -0.25) is 0 Å². The number of alkyl halides is 1. The van der Waals surface area contributed by atoms with Crippen molar-refractivity contribution >= 4 is 11.6 Å². The van der Waals surface area contributed by atoms with Crippen molar-refractivity contribution in [2.24, 2.45) is 5.92 Å². The fourth-order valence-corrected chi connectivity index (χ4v) is 1.48. The van der Waals surface area contributed by atoms with Gasteiger partial charge in [0.25, 0.3) is 0 Å². The Balaban J connectivity index is 2.25. The van der Waals surface area contributed by atoms with Gasteiger partial charge in [0.05, 0.1) is 24.7 Å². The summed E-state index contributed by atoms with van der Waals surface area (Å²) in [6.45, 7) is 4.76. The van der Waals surface area contributed by atoms with E-state index in [1.54, 1.807) is 0 Å². The van der Waals surface area contributed by atoms with Gasteiger partial charge in [-0.15, -0.1) is 11.6 Å². The van der Waals surface area contributed by atoms with E-state index >= 15 is 0 Å². The maximum atomic E-state index is 9.71. The molecule has 0 fully saturated rings. The van der Waals surface area contributed by atoms with Crippen LogP contribution in [0.1, 0.15) is 19.4 Å². The summed E-state index contributed by atoms with van der Waals surface area (Å²) < 4.78 is 5.42. The van der Waals surface area contributed by atoms with Crippen molar-refractivity contribution in [2.45, 2.75) is 31.9 Å². The van der Waals surface area contributed by atoms with Gasteiger partial charge in [-0.25, -0.2) is 0 Å². The number of aliphatic hydroxyl groups excluding tert-OH is 1. The average Bonchev–Trinajstić information content (AvgIpc) is 2.29. The van der Waals surface area contributed by atoms with E-state index in [-0.39, 0.29) is 17.9 Å². The highest BCUT2D eigenvalue weighted by atomic mass is 35.5. The normalized spacial score (nSPS) is 15.1. The zero-order chi connectivity index (χ0) is 12.0. The van der Waals surface area contributed by atoms with E-state index in [4.69, 9.17) is 16.3 Å². The van der Waals surface area contributed by atoms with Crippen molar-refractivity contribution in [3.05, 3.63) is 35.9 Å². The molecule has 0 aliphatic carbocycles. The van der Waals surface area contributed by atoms with E-state index in [9.17, 15) is 5.11 Å². The minimum absolute atomic E-state index is 0.247. The molecular formula is C13H19ClO2. The molecule has 0 amide bonds. The Bertz CT molecular complexity index is 287. The number of ether oxygens (including phenoxy) is 1. The summed E-state index contributed by atoms with van der Waals surface area (Å²) >= 11 is 6.02. The summed E-state index contributed by atoms with van der Waals surface area (Å²) in [6.07, 6.45) is -0.606. The van der Waals surface area contributed by atoms with E-state index in [2.05, 4.69) is 0 Å². The summed E-state index contributed by atoms with van der Waals surface area (Å²) in [5, 5.41) is 9.46. The van der Waals surface area contributed by atoms with Crippen LogP contribution in [0.2, 0.25) is 0 Å². The van der Waals surface area contributed by atoms with Gasteiger partial charge in [0.1, 0.15) is 0 Å². The number of hydrogen-bond donors (Lipinski definition) is 1. The molecule has 0 heterocycles. The Morgan fingerprint density at radius 1 is 1.25 bits per heavy atom. The standard InChI is InChI=1S/C13H19ClO2/c1-10(2)13(14)12(15)9-16-8-11-6-4-3-5-7-11/h3-7,10,12-13,15H,8-9H2,1-2H3/t12-,13+/m1/s1. The predicted molar refractivity (Wildman–Crippen MR) is 66.6 cm³/mol. The molecule has 0 saturated carbocycles. The Kier molecular flexibility index (Phi) is 5.81. The first kappa shape index (κ1) is 13.5. The Morgan fingerprint density at radius 2 is 1.88 bits per heavy atom. The molecule has 2 atom stereocenters. The van der Waals surface area contributed by atoms with Crippen LogP contribution in [0.15, 0.2) is 30.3 Å². The third kappa shape index (κ3) is 4.52. The summed E-state index contributed by atoms with van der Waals surface area (Å²) in [7, 11) is 0. The minimum atomic E-state index is -0.606. The predicted octanol–water partition coefficient (Wildman–Crippen LogP) is 2.83. The third-order valence-corrected chi connectivity index (χ3v) is 3.20. The molecule has 0 unspecified atom stereocenters. The van der Waals surface area contributed by atoms with E-state index in [0.717, 1.165) is 5.56 Å². The number of halogens is 1. The quantitative estimate of drug-likeness (QED) is 0.778. The molecule has 1 aromatic carbocycles. The van der Waals surface area contributed by atoms with Crippen LogP contribution in [0.4, 0.5) is 0 Å². The van der Waals surface area contributed by atoms with Crippen LogP contribution in [0, 0.1) is 5.92 Å². The molecule has 0 bridgehead atoms. The highest BCUT2D eigenvalue weighted by Crippen LogP contribution is 2.14. The van der Waals surface area contributed by atoms with Crippen LogP contribution in [0.5, 0.6) is 0 Å².